The topological polar surface area (TPSA) is 101 Å². The summed E-state index contributed by atoms with van der Waals surface area (Å²) in [5.74, 6) is 2.04. The van der Waals surface area contributed by atoms with Gasteiger partial charge in [0.05, 0.1) is 29.4 Å². The molecule has 1 aromatic carbocycles. The molecule has 0 saturated carbocycles. The molecule has 4 aromatic heterocycles. The molecule has 6 rings (SSSR count). The SMILES string of the molecule is O=c1c2cc3c(cc2nc(SCc2cc(=O)n4cc(Br)ccc4n2)n1Cc1ccco1)OCO3. The lowest BCUT2D eigenvalue weighted by molar-refractivity contribution is 0.174. The number of nitrogens with zero attached hydrogens (tertiary/aromatic N) is 4. The van der Waals surface area contributed by atoms with Gasteiger partial charge in [-0.3, -0.25) is 18.6 Å². The van der Waals surface area contributed by atoms with Crippen LogP contribution in [0.1, 0.15) is 11.5 Å². The Morgan fingerprint density at radius 2 is 1.91 bits per heavy atom. The third-order valence-electron chi connectivity index (χ3n) is 5.33. The molecule has 0 bridgehead atoms. The van der Waals surface area contributed by atoms with Gasteiger partial charge in [-0.1, -0.05) is 11.8 Å². The van der Waals surface area contributed by atoms with E-state index < -0.39 is 0 Å². The summed E-state index contributed by atoms with van der Waals surface area (Å²) in [5, 5.41) is 0.901. The molecule has 0 radical (unpaired) electrons. The Hall–Kier alpha value is -3.57. The molecule has 0 saturated heterocycles. The number of ether oxygens (including phenoxy) is 2. The van der Waals surface area contributed by atoms with Crippen molar-refractivity contribution in [2.75, 3.05) is 6.79 Å². The molecule has 0 amide bonds. The zero-order valence-corrected chi connectivity index (χ0v) is 19.8. The van der Waals surface area contributed by atoms with Crippen LogP contribution in [0.15, 0.2) is 78.6 Å². The Labute approximate surface area is 204 Å². The Morgan fingerprint density at radius 3 is 2.74 bits per heavy atom. The van der Waals surface area contributed by atoms with E-state index in [0.29, 0.717) is 50.4 Å². The standard InChI is InChI=1S/C23H15BrN4O5S/c24-13-3-4-20-25-14(6-21(29)27(20)9-13)11-34-23-26-17-8-19-18(32-12-33-19)7-16(17)22(30)28(23)10-15-2-1-5-31-15/h1-9H,10-12H2. The normalized spacial score (nSPS) is 12.6. The van der Waals surface area contributed by atoms with Gasteiger partial charge in [0.1, 0.15) is 11.4 Å². The van der Waals surface area contributed by atoms with E-state index in [0.717, 1.165) is 4.47 Å². The van der Waals surface area contributed by atoms with Gasteiger partial charge >= 0.3 is 0 Å². The third-order valence-corrected chi connectivity index (χ3v) is 6.81. The van der Waals surface area contributed by atoms with Gasteiger partial charge in [0.15, 0.2) is 16.7 Å². The van der Waals surface area contributed by atoms with E-state index in [9.17, 15) is 9.59 Å². The summed E-state index contributed by atoms with van der Waals surface area (Å²) < 4.78 is 20.2. The second-order valence-electron chi connectivity index (χ2n) is 7.54. The van der Waals surface area contributed by atoms with Crippen molar-refractivity contribution in [1.29, 1.82) is 0 Å². The van der Waals surface area contributed by atoms with Crippen molar-refractivity contribution in [2.45, 2.75) is 17.5 Å². The van der Waals surface area contributed by atoms with Crippen LogP contribution in [0.3, 0.4) is 0 Å². The van der Waals surface area contributed by atoms with Crippen LogP contribution < -0.4 is 20.6 Å². The van der Waals surface area contributed by atoms with Crippen LogP contribution in [0, 0.1) is 0 Å². The molecule has 9 nitrogen and oxygen atoms in total. The van der Waals surface area contributed by atoms with Crippen molar-refractivity contribution >= 4 is 44.2 Å². The molecule has 0 atom stereocenters. The first-order valence-corrected chi connectivity index (χ1v) is 12.0. The van der Waals surface area contributed by atoms with Crippen LogP contribution in [0.25, 0.3) is 16.6 Å². The van der Waals surface area contributed by atoms with Crippen molar-refractivity contribution in [2.24, 2.45) is 0 Å². The van der Waals surface area contributed by atoms with Crippen LogP contribution in [-0.2, 0) is 12.3 Å². The van der Waals surface area contributed by atoms with E-state index in [2.05, 4.69) is 20.9 Å². The van der Waals surface area contributed by atoms with Crippen molar-refractivity contribution in [3.05, 3.63) is 91.6 Å². The van der Waals surface area contributed by atoms with E-state index in [1.165, 1.54) is 22.2 Å². The molecule has 0 N–H and O–H groups in total. The molecule has 1 aliphatic rings. The quantitative estimate of drug-likeness (QED) is 0.246. The van der Waals surface area contributed by atoms with Crippen molar-refractivity contribution in [1.82, 2.24) is 18.9 Å². The number of pyridine rings is 1. The number of hydrogen-bond donors (Lipinski definition) is 0. The van der Waals surface area contributed by atoms with E-state index in [1.54, 1.807) is 47.4 Å². The average molecular weight is 539 g/mol. The molecule has 0 fully saturated rings. The summed E-state index contributed by atoms with van der Waals surface area (Å²) in [4.78, 5) is 35.3. The second-order valence-corrected chi connectivity index (χ2v) is 9.40. The number of furan rings is 1. The number of aromatic nitrogens is 4. The number of rotatable bonds is 5. The molecule has 11 heteroatoms. The van der Waals surface area contributed by atoms with Gasteiger partial charge in [-0.25, -0.2) is 9.97 Å². The number of hydrogen-bond acceptors (Lipinski definition) is 8. The van der Waals surface area contributed by atoms with Crippen LogP contribution in [-0.4, -0.2) is 25.7 Å². The minimum atomic E-state index is -0.224. The zero-order valence-electron chi connectivity index (χ0n) is 17.4. The molecule has 1 aliphatic heterocycles. The first-order valence-electron chi connectivity index (χ1n) is 10.2. The number of benzene rings is 1. The number of thioether (sulfide) groups is 1. The van der Waals surface area contributed by atoms with Crippen LogP contribution >= 0.6 is 27.7 Å². The third kappa shape index (κ3) is 3.76. The molecule has 170 valence electrons. The molecular weight excluding hydrogens is 524 g/mol. The molecule has 5 heterocycles. The highest BCUT2D eigenvalue weighted by Crippen LogP contribution is 2.35. The van der Waals surface area contributed by atoms with Gasteiger partial charge in [-0.15, -0.1) is 0 Å². The Balaban J connectivity index is 1.42. The van der Waals surface area contributed by atoms with Gasteiger partial charge in [-0.2, -0.15) is 0 Å². The van der Waals surface area contributed by atoms with Crippen LogP contribution in [0.4, 0.5) is 0 Å². The highest BCUT2D eigenvalue weighted by atomic mass is 79.9. The predicted octanol–water partition coefficient (Wildman–Crippen LogP) is 3.83. The summed E-state index contributed by atoms with van der Waals surface area (Å²) in [6.07, 6.45) is 3.24. The van der Waals surface area contributed by atoms with Gasteiger partial charge in [0.2, 0.25) is 6.79 Å². The summed E-state index contributed by atoms with van der Waals surface area (Å²) in [6.45, 7) is 0.320. The summed E-state index contributed by atoms with van der Waals surface area (Å²) in [7, 11) is 0. The van der Waals surface area contributed by atoms with Gasteiger partial charge in [0, 0.05) is 28.6 Å². The highest BCUT2D eigenvalue weighted by Gasteiger charge is 2.20. The maximum atomic E-state index is 13.4. The predicted molar refractivity (Wildman–Crippen MR) is 129 cm³/mol. The fourth-order valence-electron chi connectivity index (χ4n) is 3.74. The number of halogens is 1. The Kier molecular flexibility index (Phi) is 5.15. The molecule has 0 unspecified atom stereocenters. The Bertz CT molecular complexity index is 1680. The average Bonchev–Trinajstić information content (AvgIpc) is 3.51. The maximum absolute atomic E-state index is 13.4. The van der Waals surface area contributed by atoms with Crippen molar-refractivity contribution in [3.63, 3.8) is 0 Å². The minimum absolute atomic E-state index is 0.105. The molecular formula is C23H15BrN4O5S. The van der Waals surface area contributed by atoms with E-state index in [4.69, 9.17) is 18.9 Å². The van der Waals surface area contributed by atoms with Gasteiger partial charge in [0.25, 0.3) is 11.1 Å². The van der Waals surface area contributed by atoms with Crippen molar-refractivity contribution < 1.29 is 13.9 Å². The first-order chi connectivity index (χ1) is 16.5. The second kappa shape index (κ2) is 8.33. The largest absolute Gasteiger partial charge is 0.467 e. The molecule has 5 aromatic rings. The first kappa shape index (κ1) is 21.0. The van der Waals surface area contributed by atoms with E-state index in [1.807, 2.05) is 6.07 Å². The lowest BCUT2D eigenvalue weighted by Gasteiger charge is -2.12. The summed E-state index contributed by atoms with van der Waals surface area (Å²) in [5.41, 5.74) is 1.22. The van der Waals surface area contributed by atoms with Crippen LogP contribution in [0.5, 0.6) is 11.5 Å². The van der Waals surface area contributed by atoms with E-state index in [-0.39, 0.29) is 24.5 Å². The van der Waals surface area contributed by atoms with Crippen molar-refractivity contribution in [3.8, 4) is 11.5 Å². The van der Waals surface area contributed by atoms with Gasteiger partial charge in [-0.05, 0) is 46.3 Å². The van der Waals surface area contributed by atoms with Crippen LogP contribution in [0.2, 0.25) is 0 Å². The molecule has 0 aliphatic carbocycles. The lowest BCUT2D eigenvalue weighted by atomic mass is 10.2. The van der Waals surface area contributed by atoms with Gasteiger partial charge < -0.3 is 13.9 Å². The molecule has 0 spiro atoms. The monoisotopic (exact) mass is 538 g/mol. The summed E-state index contributed by atoms with van der Waals surface area (Å²) in [6, 6.07) is 12.0. The maximum Gasteiger partial charge on any atom is 0.262 e. The minimum Gasteiger partial charge on any atom is -0.467 e. The highest BCUT2D eigenvalue weighted by molar-refractivity contribution is 9.10. The van der Waals surface area contributed by atoms with E-state index >= 15 is 0 Å². The smallest absolute Gasteiger partial charge is 0.262 e. The summed E-state index contributed by atoms with van der Waals surface area (Å²) >= 11 is 4.69. The fraction of sp³-hybridized carbons (Fsp3) is 0.130. The lowest BCUT2D eigenvalue weighted by Crippen LogP contribution is -2.24. The number of fused-ring (bicyclic) bond motifs is 3. The zero-order chi connectivity index (χ0) is 23.2. The fourth-order valence-corrected chi connectivity index (χ4v) is 4.97. The molecule has 34 heavy (non-hydrogen) atoms. The Morgan fingerprint density at radius 1 is 1.06 bits per heavy atom.